The Morgan fingerprint density at radius 3 is 1.16 bits per heavy atom. The van der Waals surface area contributed by atoms with Crippen molar-refractivity contribution in [3.8, 4) is 0 Å². The minimum atomic E-state index is 0.472. The molecule has 0 heteroatoms. The van der Waals surface area contributed by atoms with Crippen LogP contribution in [-0.4, -0.2) is 0 Å². The van der Waals surface area contributed by atoms with Crippen molar-refractivity contribution in [3.05, 3.63) is 23.3 Å². The van der Waals surface area contributed by atoms with E-state index >= 15 is 0 Å². The van der Waals surface area contributed by atoms with Gasteiger partial charge in [0.1, 0.15) is 0 Å². The Bertz CT molecular complexity index is 1100. The Morgan fingerprint density at radius 1 is 0.408 bits per heavy atom. The first-order valence-electron chi connectivity index (χ1n) is 22.9. The van der Waals surface area contributed by atoms with E-state index in [9.17, 15) is 0 Å². The molecule has 49 heavy (non-hydrogen) atoms. The van der Waals surface area contributed by atoms with Gasteiger partial charge in [-0.25, -0.2) is 0 Å². The molecule has 0 amide bonds. The van der Waals surface area contributed by atoms with Gasteiger partial charge in [-0.15, -0.1) is 0 Å². The maximum Gasteiger partial charge on any atom is -0.0179 e. The molecule has 8 aliphatic carbocycles. The minimum absolute atomic E-state index is 0.472. The summed E-state index contributed by atoms with van der Waals surface area (Å²) >= 11 is 0. The Kier molecular flexibility index (Phi) is 10.2. The summed E-state index contributed by atoms with van der Waals surface area (Å²) in [7, 11) is 0. The molecule has 6 unspecified atom stereocenters. The van der Waals surface area contributed by atoms with Crippen molar-refractivity contribution in [1.29, 1.82) is 0 Å². The lowest BCUT2D eigenvalue weighted by Crippen LogP contribution is -2.55. The van der Waals surface area contributed by atoms with Gasteiger partial charge in [-0.3, -0.25) is 0 Å². The molecule has 0 aliphatic heterocycles. The lowest BCUT2D eigenvalue weighted by Gasteiger charge is -2.61. The van der Waals surface area contributed by atoms with Gasteiger partial charge in [0.05, 0.1) is 0 Å². The van der Waals surface area contributed by atoms with Crippen molar-refractivity contribution in [2.45, 2.75) is 196 Å². The van der Waals surface area contributed by atoms with Crippen molar-refractivity contribution >= 4 is 0 Å². The zero-order valence-electron chi connectivity index (χ0n) is 33.6. The summed E-state index contributed by atoms with van der Waals surface area (Å²) in [6, 6.07) is 0. The fourth-order valence-electron chi connectivity index (χ4n) is 16.3. The van der Waals surface area contributed by atoms with Crippen LogP contribution < -0.4 is 0 Å². The van der Waals surface area contributed by atoms with Gasteiger partial charge in [0.2, 0.25) is 0 Å². The molecule has 0 spiro atoms. The molecule has 0 heterocycles. The van der Waals surface area contributed by atoms with Crippen LogP contribution in [0.2, 0.25) is 0 Å². The fraction of sp³-hybridized carbons (Fsp3) is 0.918. The number of fused-ring (bicyclic) bond motifs is 3. The van der Waals surface area contributed by atoms with Crippen LogP contribution in [0.1, 0.15) is 196 Å². The van der Waals surface area contributed by atoms with Crippen LogP contribution in [0.25, 0.3) is 0 Å². The van der Waals surface area contributed by atoms with Crippen molar-refractivity contribution in [2.24, 2.45) is 87.3 Å². The summed E-state index contributed by atoms with van der Waals surface area (Å²) in [5.74, 6) is 12.0. The van der Waals surface area contributed by atoms with Gasteiger partial charge >= 0.3 is 0 Å². The molecular formula is C49H80. The second-order valence-electron chi connectivity index (χ2n) is 22.4. The predicted octanol–water partition coefficient (Wildman–Crippen LogP) is 14.8. The van der Waals surface area contributed by atoms with Gasteiger partial charge in [0.15, 0.2) is 0 Å². The third-order valence-corrected chi connectivity index (χ3v) is 18.5. The van der Waals surface area contributed by atoms with E-state index in [0.717, 1.165) is 71.0 Å². The summed E-state index contributed by atoms with van der Waals surface area (Å²) < 4.78 is 0. The Balaban J connectivity index is 1.19. The SMILES string of the molecule is CC(C)(C)C1CCC2C(C1)C1CC(C(C)(C)C)CCC1C2C(C1CCCC1)(C1CCC(C2=CCCC2)CC1)C1CCC(C2=CCCC2)CC1. The molecular weight excluding hydrogens is 589 g/mol. The molecule has 0 bridgehead atoms. The monoisotopic (exact) mass is 669 g/mol. The zero-order valence-corrected chi connectivity index (χ0v) is 33.6. The van der Waals surface area contributed by atoms with E-state index in [-0.39, 0.29) is 0 Å². The zero-order chi connectivity index (χ0) is 34.0. The number of hydrogen-bond acceptors (Lipinski definition) is 0. The van der Waals surface area contributed by atoms with Crippen LogP contribution in [-0.2, 0) is 0 Å². The maximum atomic E-state index is 2.70. The van der Waals surface area contributed by atoms with Gasteiger partial charge < -0.3 is 0 Å². The average Bonchev–Trinajstić information content (AvgIpc) is 3.93. The smallest absolute Gasteiger partial charge is 0.0179 e. The predicted molar refractivity (Wildman–Crippen MR) is 210 cm³/mol. The highest BCUT2D eigenvalue weighted by Crippen LogP contribution is 2.73. The Labute approximate surface area is 305 Å². The maximum absolute atomic E-state index is 2.70. The third-order valence-electron chi connectivity index (χ3n) is 18.5. The Hall–Kier alpha value is -0.520. The van der Waals surface area contributed by atoms with Gasteiger partial charge in [0, 0.05) is 0 Å². The molecule has 276 valence electrons. The van der Waals surface area contributed by atoms with Crippen molar-refractivity contribution in [1.82, 2.24) is 0 Å². The first kappa shape index (κ1) is 35.5. The van der Waals surface area contributed by atoms with Crippen LogP contribution >= 0.6 is 0 Å². The molecule has 6 saturated carbocycles. The topological polar surface area (TPSA) is 0 Å². The molecule has 6 atom stereocenters. The molecule has 0 radical (unpaired) electrons. The molecule has 0 saturated heterocycles. The average molecular weight is 669 g/mol. The van der Waals surface area contributed by atoms with Crippen molar-refractivity contribution < 1.29 is 0 Å². The van der Waals surface area contributed by atoms with Gasteiger partial charge in [-0.1, -0.05) is 77.7 Å². The number of allylic oxidation sites excluding steroid dienone is 4. The Morgan fingerprint density at radius 2 is 0.796 bits per heavy atom. The quantitative estimate of drug-likeness (QED) is 0.247. The molecule has 8 rings (SSSR count). The first-order valence-corrected chi connectivity index (χ1v) is 22.9. The van der Waals surface area contributed by atoms with Crippen LogP contribution in [0, 0.1) is 87.3 Å². The number of rotatable bonds is 6. The van der Waals surface area contributed by atoms with E-state index < -0.39 is 0 Å². The lowest BCUT2D eigenvalue weighted by atomic mass is 9.43. The van der Waals surface area contributed by atoms with E-state index in [1.807, 2.05) is 11.1 Å². The molecule has 0 aromatic rings. The molecule has 6 fully saturated rings. The van der Waals surface area contributed by atoms with Crippen LogP contribution in [0.3, 0.4) is 0 Å². The first-order chi connectivity index (χ1) is 23.5. The van der Waals surface area contributed by atoms with Crippen LogP contribution in [0.4, 0.5) is 0 Å². The highest BCUT2D eigenvalue weighted by molar-refractivity contribution is 5.18. The van der Waals surface area contributed by atoms with Crippen molar-refractivity contribution in [3.63, 3.8) is 0 Å². The van der Waals surface area contributed by atoms with Crippen LogP contribution in [0.5, 0.6) is 0 Å². The van der Waals surface area contributed by atoms with Gasteiger partial charge in [0.25, 0.3) is 0 Å². The standard InChI is InChI=1S/C49H80/c1-47(2,3)40-27-29-42-44(31-40)45-32-41(48(4,5)6)28-30-43(45)46(42)49(37-17-11-12-18-37,38-23-19-35(20-24-38)33-13-7-8-14-33)39-25-21-36(22-26-39)34-15-9-10-16-34/h13,15,35-46H,7-12,14,16-32H2,1-6H3. The summed E-state index contributed by atoms with van der Waals surface area (Å²) in [5.41, 5.74) is 5.39. The van der Waals surface area contributed by atoms with Gasteiger partial charge in [-0.2, -0.15) is 0 Å². The largest absolute Gasteiger partial charge is 0.0850 e. The van der Waals surface area contributed by atoms with E-state index in [1.165, 1.54) is 51.4 Å². The highest BCUT2D eigenvalue weighted by atomic mass is 14.7. The number of hydrogen-bond donors (Lipinski definition) is 0. The van der Waals surface area contributed by atoms with Crippen molar-refractivity contribution in [2.75, 3.05) is 0 Å². The minimum Gasteiger partial charge on any atom is -0.0850 e. The summed E-state index contributed by atoms with van der Waals surface area (Å²) in [6.45, 7) is 15.6. The molecule has 0 nitrogen and oxygen atoms in total. The van der Waals surface area contributed by atoms with Crippen LogP contribution in [0.15, 0.2) is 23.3 Å². The second kappa shape index (κ2) is 14.0. The molecule has 0 N–H and O–H groups in total. The normalized spacial score (nSPS) is 43.5. The second-order valence-corrected chi connectivity index (χ2v) is 22.4. The van der Waals surface area contributed by atoms with E-state index in [0.29, 0.717) is 16.2 Å². The van der Waals surface area contributed by atoms with Gasteiger partial charge in [-0.05, 0) is 229 Å². The summed E-state index contributed by atoms with van der Waals surface area (Å²) in [4.78, 5) is 0. The molecule has 0 aromatic heterocycles. The summed E-state index contributed by atoms with van der Waals surface area (Å²) in [5, 5.41) is 0. The van der Waals surface area contributed by atoms with E-state index in [2.05, 4.69) is 53.7 Å². The lowest BCUT2D eigenvalue weighted by molar-refractivity contribution is -0.126. The van der Waals surface area contributed by atoms with E-state index in [1.54, 1.807) is 103 Å². The highest BCUT2D eigenvalue weighted by Gasteiger charge is 2.66. The third kappa shape index (κ3) is 6.55. The fourth-order valence-corrected chi connectivity index (χ4v) is 16.3. The van der Waals surface area contributed by atoms with E-state index in [4.69, 9.17) is 0 Å². The molecule has 0 aromatic carbocycles. The molecule has 8 aliphatic rings. The summed E-state index contributed by atoms with van der Waals surface area (Å²) in [6.07, 6.45) is 42.1.